The molecule has 0 amide bonds. The molecule has 0 aromatic heterocycles. The van der Waals surface area contributed by atoms with E-state index in [0.29, 0.717) is 12.8 Å². The van der Waals surface area contributed by atoms with E-state index in [2.05, 4.69) is 4.74 Å². The molecule has 0 radical (unpaired) electrons. The quantitative estimate of drug-likeness (QED) is 0.726. The molecule has 3 nitrogen and oxygen atoms in total. The van der Waals surface area contributed by atoms with Crippen LogP contribution in [0, 0.1) is 6.92 Å². The molecule has 0 saturated heterocycles. The molecular formula is C15H21F3O3. The number of aliphatic hydroxyl groups excluding tert-OH is 2. The summed E-state index contributed by atoms with van der Waals surface area (Å²) in [5, 5.41) is 19.2. The van der Waals surface area contributed by atoms with Crippen LogP contribution in [-0.2, 0) is 10.2 Å². The van der Waals surface area contributed by atoms with Gasteiger partial charge in [0.05, 0.1) is 13.2 Å². The molecule has 0 aliphatic heterocycles. The first kappa shape index (κ1) is 17.9. The molecule has 0 spiro atoms. The zero-order chi connectivity index (χ0) is 15.9. The Bertz CT molecular complexity index is 411. The van der Waals surface area contributed by atoms with Crippen molar-refractivity contribution in [3.63, 3.8) is 0 Å². The van der Waals surface area contributed by atoms with Crippen molar-refractivity contribution in [1.82, 2.24) is 0 Å². The summed E-state index contributed by atoms with van der Waals surface area (Å²) in [5.74, 6) is 0. The number of ether oxygens (including phenoxy) is 1. The number of hydrogen-bond donors (Lipinski definition) is 2. The molecule has 1 rings (SSSR count). The van der Waals surface area contributed by atoms with E-state index in [1.54, 1.807) is 0 Å². The fourth-order valence-electron chi connectivity index (χ4n) is 2.14. The Balaban J connectivity index is 2.59. The number of rotatable bonds is 8. The fourth-order valence-corrected chi connectivity index (χ4v) is 2.14. The first-order valence-corrected chi connectivity index (χ1v) is 6.76. The van der Waals surface area contributed by atoms with Gasteiger partial charge in [-0.25, -0.2) is 0 Å². The molecule has 21 heavy (non-hydrogen) atoms. The van der Waals surface area contributed by atoms with Crippen molar-refractivity contribution in [3.05, 3.63) is 35.4 Å². The summed E-state index contributed by atoms with van der Waals surface area (Å²) in [4.78, 5) is 0. The largest absolute Gasteiger partial charge is 0.411 e. The average molecular weight is 306 g/mol. The second-order valence-electron chi connectivity index (χ2n) is 5.23. The Kier molecular flexibility index (Phi) is 6.64. The molecule has 0 aliphatic rings. The first-order valence-electron chi connectivity index (χ1n) is 6.76. The van der Waals surface area contributed by atoms with Gasteiger partial charge in [0.2, 0.25) is 0 Å². The molecule has 0 atom stereocenters. The maximum Gasteiger partial charge on any atom is 0.411 e. The van der Waals surface area contributed by atoms with E-state index in [1.165, 1.54) is 0 Å². The Morgan fingerprint density at radius 1 is 1.05 bits per heavy atom. The van der Waals surface area contributed by atoms with Crippen molar-refractivity contribution >= 4 is 0 Å². The van der Waals surface area contributed by atoms with Crippen LogP contribution in [0.5, 0.6) is 0 Å². The zero-order valence-electron chi connectivity index (χ0n) is 12.0. The van der Waals surface area contributed by atoms with Crippen LogP contribution in [0.4, 0.5) is 13.2 Å². The number of aliphatic hydroxyl groups is 2. The highest BCUT2D eigenvalue weighted by Crippen LogP contribution is 2.29. The Morgan fingerprint density at radius 2 is 1.62 bits per heavy atom. The Hall–Kier alpha value is -1.11. The van der Waals surface area contributed by atoms with Crippen LogP contribution in [0.25, 0.3) is 0 Å². The lowest BCUT2D eigenvalue weighted by molar-refractivity contribution is -0.174. The summed E-state index contributed by atoms with van der Waals surface area (Å²) in [5.41, 5.74) is 0.973. The molecule has 1 aromatic carbocycles. The molecular weight excluding hydrogens is 285 g/mol. The zero-order valence-corrected chi connectivity index (χ0v) is 12.0. The molecule has 1 aromatic rings. The number of aryl methyl sites for hydroxylation is 1. The van der Waals surface area contributed by atoms with Gasteiger partial charge in [-0.15, -0.1) is 0 Å². The van der Waals surface area contributed by atoms with E-state index < -0.39 is 18.2 Å². The molecule has 120 valence electrons. The fraction of sp³-hybridized carbons (Fsp3) is 0.600. The number of halogens is 3. The lowest BCUT2D eigenvalue weighted by Crippen LogP contribution is -2.35. The Labute approximate surface area is 122 Å². The van der Waals surface area contributed by atoms with Gasteiger partial charge in [-0.2, -0.15) is 13.2 Å². The smallest absolute Gasteiger partial charge is 0.395 e. The third-order valence-corrected chi connectivity index (χ3v) is 3.48. The SMILES string of the molecule is Cc1ccc(C(CO)(CO)CCCOCC(F)(F)F)cc1. The molecule has 0 unspecified atom stereocenters. The molecule has 0 saturated carbocycles. The van der Waals surface area contributed by atoms with Crippen LogP contribution in [-0.4, -0.2) is 42.8 Å². The standard InChI is InChI=1S/C15H21F3O3/c1-12-3-5-13(6-4-12)14(9-19,10-20)7-2-8-21-11-15(16,17)18/h3-6,19-20H,2,7-11H2,1H3. The summed E-state index contributed by atoms with van der Waals surface area (Å²) in [6.07, 6.45) is -3.66. The van der Waals surface area contributed by atoms with Gasteiger partial charge in [-0.1, -0.05) is 29.8 Å². The van der Waals surface area contributed by atoms with Crippen LogP contribution in [0.1, 0.15) is 24.0 Å². The van der Waals surface area contributed by atoms with Crippen molar-refractivity contribution in [2.45, 2.75) is 31.4 Å². The summed E-state index contributed by atoms with van der Waals surface area (Å²) in [6, 6.07) is 7.38. The lowest BCUT2D eigenvalue weighted by Gasteiger charge is -2.30. The van der Waals surface area contributed by atoms with Gasteiger partial charge in [0, 0.05) is 12.0 Å². The molecule has 2 N–H and O–H groups in total. The molecule has 0 aliphatic carbocycles. The van der Waals surface area contributed by atoms with E-state index in [0.717, 1.165) is 11.1 Å². The monoisotopic (exact) mass is 306 g/mol. The summed E-state index contributed by atoms with van der Waals surface area (Å²) < 4.78 is 40.4. The summed E-state index contributed by atoms with van der Waals surface area (Å²) >= 11 is 0. The van der Waals surface area contributed by atoms with Gasteiger partial charge in [-0.3, -0.25) is 0 Å². The minimum absolute atomic E-state index is 0.0624. The molecule has 0 fully saturated rings. The van der Waals surface area contributed by atoms with Crippen LogP contribution < -0.4 is 0 Å². The maximum atomic E-state index is 11.9. The number of benzene rings is 1. The van der Waals surface area contributed by atoms with E-state index >= 15 is 0 Å². The second-order valence-corrected chi connectivity index (χ2v) is 5.23. The summed E-state index contributed by atoms with van der Waals surface area (Å²) in [7, 11) is 0. The Morgan fingerprint density at radius 3 is 2.10 bits per heavy atom. The lowest BCUT2D eigenvalue weighted by atomic mass is 9.78. The third-order valence-electron chi connectivity index (χ3n) is 3.48. The van der Waals surface area contributed by atoms with Gasteiger partial charge in [0.1, 0.15) is 6.61 Å². The predicted molar refractivity (Wildman–Crippen MR) is 73.1 cm³/mol. The normalized spacial score (nSPS) is 12.7. The van der Waals surface area contributed by atoms with Gasteiger partial charge in [-0.05, 0) is 25.3 Å². The van der Waals surface area contributed by atoms with Crippen molar-refractivity contribution in [2.75, 3.05) is 26.4 Å². The van der Waals surface area contributed by atoms with Crippen molar-refractivity contribution < 1.29 is 28.1 Å². The average Bonchev–Trinajstić information content (AvgIpc) is 2.43. The van der Waals surface area contributed by atoms with Crippen LogP contribution in [0.15, 0.2) is 24.3 Å². The van der Waals surface area contributed by atoms with Crippen molar-refractivity contribution in [1.29, 1.82) is 0 Å². The van der Waals surface area contributed by atoms with E-state index in [4.69, 9.17) is 0 Å². The van der Waals surface area contributed by atoms with Crippen molar-refractivity contribution in [3.8, 4) is 0 Å². The second kappa shape index (κ2) is 7.77. The van der Waals surface area contributed by atoms with Crippen LogP contribution >= 0.6 is 0 Å². The minimum atomic E-state index is -4.33. The predicted octanol–water partition coefficient (Wildman–Crippen LogP) is 2.58. The third kappa shape index (κ3) is 5.65. The molecule has 6 heteroatoms. The highest BCUT2D eigenvalue weighted by atomic mass is 19.4. The number of alkyl halides is 3. The van der Waals surface area contributed by atoms with Gasteiger partial charge >= 0.3 is 6.18 Å². The van der Waals surface area contributed by atoms with Crippen LogP contribution in [0.3, 0.4) is 0 Å². The van der Waals surface area contributed by atoms with E-state index in [1.807, 2.05) is 31.2 Å². The van der Waals surface area contributed by atoms with Gasteiger partial charge in [0.15, 0.2) is 0 Å². The van der Waals surface area contributed by atoms with E-state index in [9.17, 15) is 23.4 Å². The van der Waals surface area contributed by atoms with Crippen LogP contribution in [0.2, 0.25) is 0 Å². The molecule has 0 bridgehead atoms. The van der Waals surface area contributed by atoms with Gasteiger partial charge in [0.25, 0.3) is 0 Å². The van der Waals surface area contributed by atoms with Gasteiger partial charge < -0.3 is 14.9 Å². The maximum absolute atomic E-state index is 11.9. The minimum Gasteiger partial charge on any atom is -0.395 e. The number of hydrogen-bond acceptors (Lipinski definition) is 3. The van der Waals surface area contributed by atoms with Crippen molar-refractivity contribution in [2.24, 2.45) is 0 Å². The first-order chi connectivity index (χ1) is 9.83. The molecule has 0 heterocycles. The highest BCUT2D eigenvalue weighted by molar-refractivity contribution is 5.29. The topological polar surface area (TPSA) is 49.7 Å². The van der Waals surface area contributed by atoms with E-state index in [-0.39, 0.29) is 19.8 Å². The summed E-state index contributed by atoms with van der Waals surface area (Å²) in [6.45, 7) is 0.0435. The highest BCUT2D eigenvalue weighted by Gasteiger charge is 2.31.